The van der Waals surface area contributed by atoms with Crippen LogP contribution in [0.4, 0.5) is 35.3 Å². The van der Waals surface area contributed by atoms with Crippen molar-refractivity contribution in [2.24, 2.45) is 16.6 Å². The van der Waals surface area contributed by atoms with Crippen molar-refractivity contribution in [3.63, 3.8) is 0 Å². The molecule has 110 heavy (non-hydrogen) atoms. The van der Waals surface area contributed by atoms with E-state index < -0.39 is 7.12 Å². The largest absolute Gasteiger partial charge is 0.498 e. The Hall–Kier alpha value is -9.66. The fraction of sp³-hybridized carbons (Fsp3) is 0.389. The maximum atomic E-state index is 13.3. The number of nitrogens with two attached hydrogens (primary N) is 4. The lowest BCUT2D eigenvalue weighted by atomic mass is 9.81. The molecular formula is C72H82BCl4N21O12. The highest BCUT2D eigenvalue weighted by Gasteiger charge is 2.52. The molecule has 0 bridgehead atoms. The van der Waals surface area contributed by atoms with Gasteiger partial charge in [-0.15, -0.1) is 11.6 Å². The van der Waals surface area contributed by atoms with Crippen molar-refractivity contribution in [2.45, 2.75) is 83.5 Å². The Balaban J connectivity index is 0.000000126. The van der Waals surface area contributed by atoms with Gasteiger partial charge in [0.05, 0.1) is 148 Å². The van der Waals surface area contributed by atoms with Crippen LogP contribution in [-0.2, 0) is 44.3 Å². The van der Waals surface area contributed by atoms with Crippen LogP contribution >= 0.6 is 46.4 Å². The molecule has 0 aliphatic carbocycles. The first-order chi connectivity index (χ1) is 52.6. The van der Waals surface area contributed by atoms with Gasteiger partial charge < -0.3 is 96.1 Å². The molecule has 33 nitrogen and oxygen atoms in total. The van der Waals surface area contributed by atoms with Gasteiger partial charge in [0.25, 0.3) is 22.2 Å². The molecule has 0 atom stereocenters. The van der Waals surface area contributed by atoms with Crippen LogP contribution in [0, 0.1) is 10.8 Å². The minimum atomic E-state index is -0.425. The van der Waals surface area contributed by atoms with E-state index in [9.17, 15) is 19.2 Å². The lowest BCUT2D eigenvalue weighted by Gasteiger charge is -2.38. The van der Waals surface area contributed by atoms with Gasteiger partial charge in [0.2, 0.25) is 17.8 Å². The predicted octanol–water partition coefficient (Wildman–Crippen LogP) is 6.64. The average Bonchev–Trinajstić information content (AvgIpc) is 1.04. The number of aromatic nitrogens is 14. The fourth-order valence-corrected chi connectivity index (χ4v) is 12.1. The van der Waals surface area contributed by atoms with Crippen LogP contribution in [0.5, 0.6) is 0 Å². The summed E-state index contributed by atoms with van der Waals surface area (Å²) in [4.78, 5) is 97.6. The number of H-pyrrole nitrogens is 3. The summed E-state index contributed by atoms with van der Waals surface area (Å²) in [6.45, 7) is 21.1. The molecule has 7 aliphatic rings. The average molecular weight is 1590 g/mol. The summed E-state index contributed by atoms with van der Waals surface area (Å²) in [6, 6.07) is 15.1. The van der Waals surface area contributed by atoms with Crippen LogP contribution in [0.1, 0.15) is 41.5 Å². The number of nitrogens with one attached hydrogen (secondary N) is 6. The number of hydrogen-bond acceptors (Lipinski definition) is 29. The Morgan fingerprint density at radius 2 is 0.864 bits per heavy atom. The lowest BCUT2D eigenvalue weighted by Crippen LogP contribution is -2.45. The van der Waals surface area contributed by atoms with Crippen molar-refractivity contribution in [3.8, 4) is 22.5 Å². The van der Waals surface area contributed by atoms with Crippen molar-refractivity contribution < 1.29 is 37.7 Å². The van der Waals surface area contributed by atoms with Crippen LogP contribution in [0.2, 0.25) is 15.5 Å². The van der Waals surface area contributed by atoms with Gasteiger partial charge in [-0.2, -0.15) is 0 Å². The van der Waals surface area contributed by atoms with Gasteiger partial charge in [0.15, 0.2) is 0 Å². The Morgan fingerprint density at radius 3 is 1.25 bits per heavy atom. The van der Waals surface area contributed by atoms with Crippen LogP contribution < -0.4 is 66.6 Å². The van der Waals surface area contributed by atoms with E-state index in [0.29, 0.717) is 132 Å². The third-order valence-corrected chi connectivity index (χ3v) is 19.9. The Kier molecular flexibility index (Phi) is 25.2. The molecule has 0 radical (unpaired) electrons. The molecule has 0 aromatic carbocycles. The number of alkyl halides is 1. The summed E-state index contributed by atoms with van der Waals surface area (Å²) in [6.07, 6.45) is 16.3. The topological polar surface area (TPSA) is 463 Å². The first-order valence-corrected chi connectivity index (χ1v) is 36.5. The zero-order valence-corrected chi connectivity index (χ0v) is 63.8. The van der Waals surface area contributed by atoms with Gasteiger partial charge in [0, 0.05) is 102 Å². The predicted molar refractivity (Wildman–Crippen MR) is 423 cm³/mol. The van der Waals surface area contributed by atoms with Gasteiger partial charge in [0.1, 0.15) is 32.9 Å². The van der Waals surface area contributed by atoms with Crippen molar-refractivity contribution >= 4 is 137 Å². The van der Waals surface area contributed by atoms with E-state index in [1.165, 1.54) is 6.20 Å². The summed E-state index contributed by atoms with van der Waals surface area (Å²) in [5, 5.41) is 15.6. The molecule has 14 N–H and O–H groups in total. The van der Waals surface area contributed by atoms with Gasteiger partial charge in [-0.05, 0) is 97.8 Å². The van der Waals surface area contributed by atoms with Crippen molar-refractivity contribution in [1.29, 1.82) is 0 Å². The minimum absolute atomic E-state index is 0.0123. The van der Waals surface area contributed by atoms with Crippen molar-refractivity contribution in [2.75, 3.05) is 118 Å². The maximum absolute atomic E-state index is 13.3. The number of nitrogen functional groups attached to an aromatic ring is 3. The van der Waals surface area contributed by atoms with Gasteiger partial charge in [-0.25, -0.2) is 49.8 Å². The first-order valence-electron chi connectivity index (χ1n) is 34.9. The van der Waals surface area contributed by atoms with Gasteiger partial charge in [-0.3, -0.25) is 19.2 Å². The Labute approximate surface area is 649 Å². The van der Waals surface area contributed by atoms with E-state index in [-0.39, 0.29) is 85.1 Å². The monoisotopic (exact) mass is 1580 g/mol. The molecule has 0 saturated carbocycles. The molecule has 11 aromatic heterocycles. The van der Waals surface area contributed by atoms with E-state index in [4.69, 9.17) is 112 Å². The number of hydrogen-bond donors (Lipinski definition) is 10. The van der Waals surface area contributed by atoms with E-state index in [0.717, 1.165) is 65.1 Å². The van der Waals surface area contributed by atoms with E-state index >= 15 is 0 Å². The molecule has 18 heterocycles. The van der Waals surface area contributed by atoms with Crippen molar-refractivity contribution in [1.82, 2.24) is 69.4 Å². The highest BCUT2D eigenvalue weighted by Crippen LogP contribution is 2.37. The normalized spacial score (nSPS) is 17.7. The summed E-state index contributed by atoms with van der Waals surface area (Å²) in [7, 11) is -0.425. The van der Waals surface area contributed by atoms with Gasteiger partial charge in [-0.1, -0.05) is 48.7 Å². The number of aromatic amines is 3. The molecule has 7 fully saturated rings. The molecule has 7 saturated heterocycles. The number of halogens is 4. The van der Waals surface area contributed by atoms with Crippen molar-refractivity contribution in [3.05, 3.63) is 167 Å². The summed E-state index contributed by atoms with van der Waals surface area (Å²) >= 11 is 22.9. The standard InChI is InChI=1S/C20H22N6O3.C15H14N6O2.C11H10ClN3O2.C10H16BN3O2.C8H4Cl2N2O.C5H9ClO.C3H7NO/c1-20(10-29-11-20)9-26-3-2-12-4-15(13-5-22-19(21)23-6-13)25-17(16(12)18(26)27)24-14-7-28-8-14;16-15-18-4-9(5-19-15)11-3-8-1-2-17-14(22)12(8)13(21-11)20-10-6-23-7-10;12-8-3-6-1-2-13-11(16)9(6)10(15-8)14-7-4-17-5-7;1-9(2)10(3,4)16-11(15-9)7-5-13-8(12)14-6-7;9-5-3-4-1-2-11-8(13)6(4)7(10)12-5;1-5(2-6)3-7-4-5;4-3-1-5-2-3/h2-6,14H,7-11H2,1H3,(H,24,25)(H2,21,22,23);1-5,10H,6-7H2,(H,17,22)(H,20,21)(H2,16,18,19);1-3,7H,4-5H2,(H,13,16)(H,14,15);5-6H,1-4H3,(H2,12,13,14);1-3H,(H,11,13);2-4H2,1H3;3H,1-2,4H2. The number of fused-ring (bicyclic) bond motifs is 4. The Bertz CT molecular complexity index is 5280. The third-order valence-electron chi connectivity index (χ3n) is 18.5. The second-order valence-electron chi connectivity index (χ2n) is 28.6. The van der Waals surface area contributed by atoms with Gasteiger partial charge >= 0.3 is 7.12 Å². The molecular weight excluding hydrogens is 1500 g/mol. The zero-order chi connectivity index (χ0) is 78.1. The maximum Gasteiger partial charge on any atom is 0.498 e. The number of rotatable bonds is 12. The van der Waals surface area contributed by atoms with E-state index in [1.54, 1.807) is 78.4 Å². The SMILES string of the molecule is CC1(C)OB(c2cnc(N)nc2)OC1(C)C.CC1(CCl)COC1.CC1(Cn2ccc3cc(-c4cnc(N)nc4)nc(NC4COC4)c3c2=O)COC1.NC1COC1.Nc1ncc(-c2cc3cc[nH]c(=O)c3c(NC3COC3)n2)cn1.O=c1[nH]ccc2cc(Cl)nc(Cl)c12.O=c1[nH]ccc2cc(Cl)nc(NC3COC3)c12. The fourth-order valence-electron chi connectivity index (χ4n) is 11.2. The molecule has 0 spiro atoms. The van der Waals surface area contributed by atoms with E-state index in [2.05, 4.69) is 89.6 Å². The smallest absolute Gasteiger partial charge is 0.399 e. The second kappa shape index (κ2) is 34.7. The zero-order valence-electron chi connectivity index (χ0n) is 60.8. The molecule has 18 rings (SSSR count). The molecule has 578 valence electrons. The molecule has 38 heteroatoms. The highest BCUT2D eigenvalue weighted by molar-refractivity contribution is 6.62. The highest BCUT2D eigenvalue weighted by atomic mass is 35.5. The number of ether oxygens (including phenoxy) is 6. The molecule has 7 aliphatic heterocycles. The molecule has 11 aromatic rings. The Morgan fingerprint density at radius 1 is 0.491 bits per heavy atom. The quantitative estimate of drug-likeness (QED) is 0.0348. The first kappa shape index (κ1) is 79.9. The van der Waals surface area contributed by atoms with Crippen LogP contribution in [0.15, 0.2) is 130 Å². The number of pyridine rings is 8. The van der Waals surface area contributed by atoms with E-state index in [1.807, 2.05) is 58.2 Å². The molecule has 0 unspecified atom stereocenters. The summed E-state index contributed by atoms with van der Waals surface area (Å²) in [5.41, 5.74) is 24.3. The number of nitrogens with zero attached hydrogens (tertiary/aromatic N) is 11. The minimum Gasteiger partial charge on any atom is -0.399 e. The summed E-state index contributed by atoms with van der Waals surface area (Å²) in [5.74, 6) is 2.99. The van der Waals surface area contributed by atoms with Crippen LogP contribution in [0.3, 0.4) is 0 Å². The summed E-state index contributed by atoms with van der Waals surface area (Å²) < 4.78 is 43.9. The van der Waals surface area contributed by atoms with Crippen LogP contribution in [0.25, 0.3) is 65.6 Å². The lowest BCUT2D eigenvalue weighted by molar-refractivity contribution is -0.110. The number of anilines is 6. The molecule has 0 amide bonds. The van der Waals surface area contributed by atoms with Crippen LogP contribution in [-0.4, -0.2) is 197 Å². The third kappa shape index (κ3) is 19.5. The second-order valence-corrected chi connectivity index (χ2v) is 30.0.